The number of nitrogens with two attached hydrogens (primary N) is 2. The van der Waals surface area contributed by atoms with E-state index in [2.05, 4.69) is 27.2 Å². The zero-order valence-corrected chi connectivity index (χ0v) is 11.4. The fourth-order valence-electron chi connectivity index (χ4n) is 1.50. The Balaban J connectivity index is 2.22. The van der Waals surface area contributed by atoms with E-state index in [1.165, 1.54) is 17.8 Å². The van der Waals surface area contributed by atoms with Gasteiger partial charge in [0.15, 0.2) is 5.16 Å². The smallest absolute Gasteiger partial charge is 0.197 e. The van der Waals surface area contributed by atoms with Crippen molar-refractivity contribution in [3.05, 3.63) is 30.0 Å². The summed E-state index contributed by atoms with van der Waals surface area (Å²) in [5.41, 5.74) is 12.4. The average Bonchev–Trinajstić information content (AvgIpc) is 2.36. The molecule has 7 heteroatoms. The first-order chi connectivity index (χ1) is 9.19. The van der Waals surface area contributed by atoms with E-state index in [4.69, 9.17) is 11.5 Å². The molecule has 0 aromatic carbocycles. The van der Waals surface area contributed by atoms with E-state index >= 15 is 0 Å². The first kappa shape index (κ1) is 13.6. The summed E-state index contributed by atoms with van der Waals surface area (Å²) in [6.07, 6.45) is 1.74. The van der Waals surface area contributed by atoms with Gasteiger partial charge in [0.1, 0.15) is 16.7 Å². The Hall–Kier alpha value is -1.86. The van der Waals surface area contributed by atoms with E-state index in [1.807, 2.05) is 12.1 Å². The zero-order chi connectivity index (χ0) is 13.7. The molecule has 0 amide bonds. The van der Waals surface area contributed by atoms with Gasteiger partial charge < -0.3 is 16.8 Å². The summed E-state index contributed by atoms with van der Waals surface area (Å²) in [5.74, 6) is 0.721. The van der Waals surface area contributed by atoms with Crippen molar-refractivity contribution in [2.75, 3.05) is 18.0 Å². The normalized spacial score (nSPS) is 10.6. The summed E-state index contributed by atoms with van der Waals surface area (Å²) < 4.78 is 0. The van der Waals surface area contributed by atoms with Crippen molar-refractivity contribution in [1.82, 2.24) is 20.3 Å². The van der Waals surface area contributed by atoms with Gasteiger partial charge in [0, 0.05) is 18.8 Å². The third-order valence-electron chi connectivity index (χ3n) is 2.35. The Morgan fingerprint density at radius 2 is 2.00 bits per heavy atom. The van der Waals surface area contributed by atoms with Crippen LogP contribution in [0, 0.1) is 0 Å². The van der Waals surface area contributed by atoms with Crippen LogP contribution in [0.15, 0.2) is 34.6 Å². The van der Waals surface area contributed by atoms with Crippen LogP contribution < -0.4 is 16.8 Å². The Morgan fingerprint density at radius 1 is 1.26 bits per heavy atom. The second kappa shape index (κ2) is 6.35. The van der Waals surface area contributed by atoms with Crippen molar-refractivity contribution in [2.24, 2.45) is 0 Å². The maximum atomic E-state index is 5.65. The van der Waals surface area contributed by atoms with Crippen molar-refractivity contribution < 1.29 is 0 Å². The summed E-state index contributed by atoms with van der Waals surface area (Å²) in [4.78, 5) is 12.6. The lowest BCUT2D eigenvalue weighted by atomic mass is 10.3. The van der Waals surface area contributed by atoms with Crippen LogP contribution in [0.5, 0.6) is 0 Å². The number of nitrogen functional groups attached to an aromatic ring is 2. The zero-order valence-electron chi connectivity index (χ0n) is 10.6. The van der Waals surface area contributed by atoms with E-state index in [0.29, 0.717) is 16.8 Å². The second-order valence-corrected chi connectivity index (χ2v) is 4.81. The Labute approximate surface area is 116 Å². The molecule has 0 spiro atoms. The first-order valence-corrected chi connectivity index (χ1v) is 6.73. The molecule has 0 aliphatic carbocycles. The molecule has 0 atom stereocenters. The van der Waals surface area contributed by atoms with Gasteiger partial charge in [0.2, 0.25) is 0 Å². The molecule has 0 unspecified atom stereocenters. The molecule has 2 aromatic heterocycles. The van der Waals surface area contributed by atoms with E-state index in [1.54, 1.807) is 6.20 Å². The van der Waals surface area contributed by atoms with Crippen LogP contribution in [-0.4, -0.2) is 21.5 Å². The molecule has 2 rings (SSSR count). The predicted octanol–water partition coefficient (Wildman–Crippen LogP) is 1.30. The summed E-state index contributed by atoms with van der Waals surface area (Å²) in [6, 6.07) is 5.46. The highest BCUT2D eigenvalue weighted by Gasteiger charge is 2.08. The van der Waals surface area contributed by atoms with Gasteiger partial charge in [-0.25, -0.2) is 15.0 Å². The molecule has 19 heavy (non-hydrogen) atoms. The quantitative estimate of drug-likeness (QED) is 0.707. The number of nitrogens with one attached hydrogen (secondary N) is 1. The highest BCUT2D eigenvalue weighted by Crippen LogP contribution is 2.26. The third-order valence-corrected chi connectivity index (χ3v) is 3.27. The number of hydrogen-bond donors (Lipinski definition) is 3. The van der Waals surface area contributed by atoms with Gasteiger partial charge in [-0.15, -0.1) is 0 Å². The molecule has 6 nitrogen and oxygen atoms in total. The molecule has 0 bridgehead atoms. The highest BCUT2D eigenvalue weighted by atomic mass is 32.2. The number of aromatic nitrogens is 3. The highest BCUT2D eigenvalue weighted by molar-refractivity contribution is 7.99. The molecule has 0 saturated carbocycles. The monoisotopic (exact) mass is 276 g/mol. The molecule has 0 radical (unpaired) electrons. The van der Waals surface area contributed by atoms with Crippen LogP contribution in [0.1, 0.15) is 12.5 Å². The van der Waals surface area contributed by atoms with Gasteiger partial charge >= 0.3 is 0 Å². The van der Waals surface area contributed by atoms with E-state index in [9.17, 15) is 0 Å². The molecule has 0 aliphatic heterocycles. The van der Waals surface area contributed by atoms with Crippen molar-refractivity contribution in [2.45, 2.75) is 23.7 Å². The predicted molar refractivity (Wildman–Crippen MR) is 76.6 cm³/mol. The molecular weight excluding hydrogens is 260 g/mol. The number of pyridine rings is 1. The molecular formula is C12H16N6S. The third kappa shape index (κ3) is 3.80. The van der Waals surface area contributed by atoms with Crippen LogP contribution in [0.3, 0.4) is 0 Å². The minimum atomic E-state index is 0.360. The Morgan fingerprint density at radius 3 is 2.68 bits per heavy atom. The second-order valence-electron chi connectivity index (χ2n) is 3.85. The summed E-state index contributed by atoms with van der Waals surface area (Å²) >= 11 is 1.36. The Kier molecular flexibility index (Phi) is 4.53. The standard InChI is InChI=1S/C12H16N6S/c1-2-15-7-8-4-3-5-16-11(8)19-12-17-9(13)6-10(14)18-12/h3-6,15H,2,7H2,1H3,(H4,13,14,17,18). The minimum absolute atomic E-state index is 0.360. The fourth-order valence-corrected chi connectivity index (χ4v) is 2.36. The minimum Gasteiger partial charge on any atom is -0.383 e. The summed E-state index contributed by atoms with van der Waals surface area (Å²) in [6.45, 7) is 3.72. The van der Waals surface area contributed by atoms with Crippen LogP contribution in [0.25, 0.3) is 0 Å². The van der Waals surface area contributed by atoms with Crippen molar-refractivity contribution in [3.8, 4) is 0 Å². The van der Waals surface area contributed by atoms with Gasteiger partial charge in [0.25, 0.3) is 0 Å². The molecule has 5 N–H and O–H groups in total. The van der Waals surface area contributed by atoms with E-state index in [-0.39, 0.29) is 0 Å². The van der Waals surface area contributed by atoms with Crippen molar-refractivity contribution in [1.29, 1.82) is 0 Å². The van der Waals surface area contributed by atoms with Gasteiger partial charge in [-0.3, -0.25) is 0 Å². The van der Waals surface area contributed by atoms with Gasteiger partial charge in [-0.2, -0.15) is 0 Å². The molecule has 100 valence electrons. The average molecular weight is 276 g/mol. The molecule has 2 aromatic rings. The van der Waals surface area contributed by atoms with Crippen LogP contribution in [0.2, 0.25) is 0 Å². The number of nitrogens with zero attached hydrogens (tertiary/aromatic N) is 3. The van der Waals surface area contributed by atoms with Crippen molar-refractivity contribution >= 4 is 23.4 Å². The van der Waals surface area contributed by atoms with E-state index < -0.39 is 0 Å². The molecule has 2 heterocycles. The molecule has 0 fully saturated rings. The van der Waals surface area contributed by atoms with Gasteiger partial charge in [-0.05, 0) is 29.9 Å². The SMILES string of the molecule is CCNCc1cccnc1Sc1nc(N)cc(N)n1. The van der Waals surface area contributed by atoms with Gasteiger partial charge in [-0.1, -0.05) is 13.0 Å². The van der Waals surface area contributed by atoms with Crippen molar-refractivity contribution in [3.63, 3.8) is 0 Å². The maximum Gasteiger partial charge on any atom is 0.197 e. The summed E-state index contributed by atoms with van der Waals surface area (Å²) in [5, 5.41) is 4.63. The van der Waals surface area contributed by atoms with Crippen LogP contribution >= 0.6 is 11.8 Å². The summed E-state index contributed by atoms with van der Waals surface area (Å²) in [7, 11) is 0. The fraction of sp³-hybridized carbons (Fsp3) is 0.250. The lowest BCUT2D eigenvalue weighted by molar-refractivity contribution is 0.711. The number of anilines is 2. The maximum absolute atomic E-state index is 5.65. The molecule has 0 saturated heterocycles. The van der Waals surface area contributed by atoms with Crippen LogP contribution in [0.4, 0.5) is 11.6 Å². The number of hydrogen-bond acceptors (Lipinski definition) is 7. The largest absolute Gasteiger partial charge is 0.383 e. The number of rotatable bonds is 5. The first-order valence-electron chi connectivity index (χ1n) is 5.91. The molecule has 0 aliphatic rings. The lowest BCUT2D eigenvalue weighted by Crippen LogP contribution is -2.12. The van der Waals surface area contributed by atoms with E-state index in [0.717, 1.165) is 23.7 Å². The van der Waals surface area contributed by atoms with Crippen LogP contribution in [-0.2, 0) is 6.54 Å². The lowest BCUT2D eigenvalue weighted by Gasteiger charge is -2.08. The topological polar surface area (TPSA) is 103 Å². The Bertz CT molecular complexity index is 539. The van der Waals surface area contributed by atoms with Gasteiger partial charge in [0.05, 0.1) is 0 Å².